The average molecular weight is 327 g/mol. The molecule has 0 bridgehead atoms. The molecular weight excluding hydrogens is 312 g/mol. The van der Waals surface area contributed by atoms with Gasteiger partial charge in [0.1, 0.15) is 0 Å². The number of carboxylic acids is 1. The van der Waals surface area contributed by atoms with Crippen molar-refractivity contribution in [3.63, 3.8) is 0 Å². The topological polar surface area (TPSA) is 78.4 Å². The lowest BCUT2D eigenvalue weighted by molar-refractivity contribution is 0.0698. The van der Waals surface area contributed by atoms with Crippen molar-refractivity contribution in [1.29, 1.82) is 0 Å². The molecule has 1 atom stereocenters. The third-order valence-corrected chi connectivity index (χ3v) is 3.77. The lowest BCUT2D eigenvalue weighted by Crippen LogP contribution is -2.33. The van der Waals surface area contributed by atoms with Gasteiger partial charge in [-0.05, 0) is 30.0 Å². The Morgan fingerprint density at radius 1 is 1.42 bits per heavy atom. The quantitative estimate of drug-likeness (QED) is 0.798. The van der Waals surface area contributed by atoms with Gasteiger partial charge in [0.05, 0.1) is 11.3 Å². The molecule has 0 heterocycles. The van der Waals surface area contributed by atoms with Crippen LogP contribution in [0.5, 0.6) is 0 Å². The van der Waals surface area contributed by atoms with Crippen molar-refractivity contribution < 1.29 is 14.7 Å². The Morgan fingerprint density at radius 2 is 2.05 bits per heavy atom. The summed E-state index contributed by atoms with van der Waals surface area (Å²) in [6.45, 7) is 4.14. The molecule has 0 saturated heterocycles. The predicted octanol–water partition coefficient (Wildman–Crippen LogP) is 3.07. The number of carboxylic acid groups (broad SMARTS) is 1. The maximum absolute atomic E-state index is 11.8. The Hall–Kier alpha value is -1.56. The fourth-order valence-electron chi connectivity index (χ4n) is 1.83. The van der Waals surface area contributed by atoms with E-state index in [2.05, 4.69) is 40.4 Å². The van der Waals surface area contributed by atoms with E-state index in [1.807, 2.05) is 0 Å². The van der Waals surface area contributed by atoms with E-state index >= 15 is 0 Å². The summed E-state index contributed by atoms with van der Waals surface area (Å²) in [4.78, 5) is 22.9. The van der Waals surface area contributed by atoms with Gasteiger partial charge in [0.15, 0.2) is 0 Å². The molecule has 0 aliphatic heterocycles. The molecule has 6 heteroatoms. The molecule has 1 aliphatic carbocycles. The van der Waals surface area contributed by atoms with Crippen LogP contribution in [0.25, 0.3) is 0 Å². The van der Waals surface area contributed by atoms with Crippen molar-refractivity contribution in [3.05, 3.63) is 28.2 Å². The standard InChI is InChI=1S/C13H15BrN2O3/c1-13(2)6-10(13)16-12(19)15-9-4-3-7(14)5-8(9)11(17)18/h3-5,10H,6H2,1-2H3,(H,17,18)(H2,15,16,19). The minimum absolute atomic E-state index is 0.0552. The fraction of sp³-hybridized carbons (Fsp3) is 0.385. The van der Waals surface area contributed by atoms with Crippen molar-refractivity contribution in [2.75, 3.05) is 5.32 Å². The summed E-state index contributed by atoms with van der Waals surface area (Å²) in [6, 6.07) is 4.48. The second-order valence-corrected chi connectivity index (χ2v) is 6.25. The van der Waals surface area contributed by atoms with Gasteiger partial charge in [0.2, 0.25) is 0 Å². The van der Waals surface area contributed by atoms with E-state index in [-0.39, 0.29) is 28.7 Å². The number of benzene rings is 1. The van der Waals surface area contributed by atoms with Crippen LogP contribution in [0.1, 0.15) is 30.6 Å². The van der Waals surface area contributed by atoms with Crippen LogP contribution in [0, 0.1) is 5.41 Å². The van der Waals surface area contributed by atoms with Gasteiger partial charge in [0, 0.05) is 10.5 Å². The van der Waals surface area contributed by atoms with Crippen LogP contribution in [-0.2, 0) is 0 Å². The van der Waals surface area contributed by atoms with Gasteiger partial charge in [-0.25, -0.2) is 9.59 Å². The molecule has 0 radical (unpaired) electrons. The molecule has 1 unspecified atom stereocenters. The highest BCUT2D eigenvalue weighted by Gasteiger charge is 2.46. The third kappa shape index (κ3) is 3.26. The van der Waals surface area contributed by atoms with Crippen LogP contribution >= 0.6 is 15.9 Å². The highest BCUT2D eigenvalue weighted by molar-refractivity contribution is 9.10. The zero-order valence-corrected chi connectivity index (χ0v) is 12.2. The molecule has 102 valence electrons. The zero-order valence-electron chi connectivity index (χ0n) is 10.7. The normalized spacial score (nSPS) is 19.6. The number of amides is 2. The average Bonchev–Trinajstić information content (AvgIpc) is 2.88. The minimum Gasteiger partial charge on any atom is -0.478 e. The molecule has 1 aromatic rings. The van der Waals surface area contributed by atoms with Crippen LogP contribution in [0.2, 0.25) is 0 Å². The number of hydrogen-bond donors (Lipinski definition) is 3. The smallest absolute Gasteiger partial charge is 0.337 e. The molecule has 0 spiro atoms. The van der Waals surface area contributed by atoms with E-state index in [0.29, 0.717) is 4.47 Å². The molecule has 1 aromatic carbocycles. The number of nitrogens with one attached hydrogen (secondary N) is 2. The zero-order chi connectivity index (χ0) is 14.2. The van der Waals surface area contributed by atoms with Gasteiger partial charge in [0.25, 0.3) is 0 Å². The summed E-state index contributed by atoms with van der Waals surface area (Å²) in [5, 5.41) is 14.5. The number of urea groups is 1. The highest BCUT2D eigenvalue weighted by Crippen LogP contribution is 2.44. The summed E-state index contributed by atoms with van der Waals surface area (Å²) in [5.74, 6) is -1.08. The SMILES string of the molecule is CC1(C)CC1NC(=O)Nc1ccc(Br)cc1C(=O)O. The van der Waals surface area contributed by atoms with Crippen LogP contribution in [-0.4, -0.2) is 23.1 Å². The van der Waals surface area contributed by atoms with Crippen molar-refractivity contribution in [2.24, 2.45) is 5.41 Å². The Kier molecular flexibility index (Phi) is 3.54. The molecule has 0 aromatic heterocycles. The van der Waals surface area contributed by atoms with Crippen molar-refractivity contribution >= 4 is 33.6 Å². The van der Waals surface area contributed by atoms with Gasteiger partial charge in [-0.15, -0.1) is 0 Å². The maximum Gasteiger partial charge on any atom is 0.337 e. The Bertz CT molecular complexity index is 543. The lowest BCUT2D eigenvalue weighted by atomic mass is 10.2. The Balaban J connectivity index is 2.06. The van der Waals surface area contributed by atoms with Gasteiger partial charge in [-0.3, -0.25) is 0 Å². The van der Waals surface area contributed by atoms with Crippen LogP contribution < -0.4 is 10.6 Å². The van der Waals surface area contributed by atoms with Gasteiger partial charge < -0.3 is 15.7 Å². The Labute approximate surface area is 119 Å². The van der Waals surface area contributed by atoms with Crippen molar-refractivity contribution in [3.8, 4) is 0 Å². The number of carbonyl (C=O) groups excluding carboxylic acids is 1. The summed E-state index contributed by atoms with van der Waals surface area (Å²) in [7, 11) is 0. The summed E-state index contributed by atoms with van der Waals surface area (Å²) in [6.07, 6.45) is 0.937. The first-order chi connectivity index (χ1) is 8.79. The number of aromatic carboxylic acids is 1. The first-order valence-corrected chi connectivity index (χ1v) is 6.69. The maximum atomic E-state index is 11.8. The molecule has 19 heavy (non-hydrogen) atoms. The second kappa shape index (κ2) is 4.85. The molecule has 2 amide bonds. The third-order valence-electron chi connectivity index (χ3n) is 3.28. The van der Waals surface area contributed by atoms with Gasteiger partial charge >= 0.3 is 12.0 Å². The Morgan fingerprint density at radius 3 is 2.58 bits per heavy atom. The number of carbonyl (C=O) groups is 2. The molecule has 1 aliphatic rings. The second-order valence-electron chi connectivity index (χ2n) is 5.34. The fourth-order valence-corrected chi connectivity index (χ4v) is 2.19. The first-order valence-electron chi connectivity index (χ1n) is 5.90. The van der Waals surface area contributed by atoms with Crippen LogP contribution in [0.15, 0.2) is 22.7 Å². The first kappa shape index (κ1) is 13.9. The van der Waals surface area contributed by atoms with E-state index < -0.39 is 5.97 Å². The van der Waals surface area contributed by atoms with Crippen molar-refractivity contribution in [1.82, 2.24) is 5.32 Å². The molecule has 2 rings (SSSR count). The van der Waals surface area contributed by atoms with E-state index in [1.54, 1.807) is 12.1 Å². The lowest BCUT2D eigenvalue weighted by Gasteiger charge is -2.11. The van der Waals surface area contributed by atoms with E-state index in [0.717, 1.165) is 6.42 Å². The largest absolute Gasteiger partial charge is 0.478 e. The van der Waals surface area contributed by atoms with E-state index in [1.165, 1.54) is 6.07 Å². The molecule has 5 nitrogen and oxygen atoms in total. The van der Waals surface area contributed by atoms with Crippen LogP contribution in [0.4, 0.5) is 10.5 Å². The molecular formula is C13H15BrN2O3. The monoisotopic (exact) mass is 326 g/mol. The van der Waals surface area contributed by atoms with Gasteiger partial charge in [-0.2, -0.15) is 0 Å². The summed E-state index contributed by atoms with van der Waals surface area (Å²) < 4.78 is 0.652. The predicted molar refractivity (Wildman–Crippen MR) is 75.4 cm³/mol. The molecule has 3 N–H and O–H groups in total. The highest BCUT2D eigenvalue weighted by atomic mass is 79.9. The summed E-state index contributed by atoms with van der Waals surface area (Å²) >= 11 is 3.20. The molecule has 1 fully saturated rings. The number of rotatable bonds is 3. The van der Waals surface area contributed by atoms with Gasteiger partial charge in [-0.1, -0.05) is 29.8 Å². The number of anilines is 1. The molecule has 1 saturated carbocycles. The summed E-state index contributed by atoms with van der Waals surface area (Å²) in [5.41, 5.74) is 0.471. The van der Waals surface area contributed by atoms with Crippen LogP contribution in [0.3, 0.4) is 0 Å². The van der Waals surface area contributed by atoms with E-state index in [4.69, 9.17) is 5.11 Å². The van der Waals surface area contributed by atoms with Crippen molar-refractivity contribution in [2.45, 2.75) is 26.3 Å². The number of hydrogen-bond acceptors (Lipinski definition) is 2. The minimum atomic E-state index is -1.08. The number of halogens is 1. The van der Waals surface area contributed by atoms with E-state index in [9.17, 15) is 9.59 Å².